The van der Waals surface area contributed by atoms with E-state index in [0.29, 0.717) is 33.7 Å². The summed E-state index contributed by atoms with van der Waals surface area (Å²) < 4.78 is 15.9. The van der Waals surface area contributed by atoms with E-state index in [9.17, 15) is 4.79 Å². The molecule has 0 saturated carbocycles. The van der Waals surface area contributed by atoms with E-state index in [0.717, 1.165) is 22.0 Å². The molecule has 0 aliphatic carbocycles. The summed E-state index contributed by atoms with van der Waals surface area (Å²) in [6, 6.07) is 16.6. The number of carbonyl (C=O) groups excluding carboxylic acids is 1. The number of benzene rings is 3. The Morgan fingerprint density at radius 2 is 1.65 bits per heavy atom. The summed E-state index contributed by atoms with van der Waals surface area (Å²) in [5.74, 6) is 1.27. The lowest BCUT2D eigenvalue weighted by Gasteiger charge is -2.13. The highest BCUT2D eigenvalue weighted by Gasteiger charge is 2.18. The number of hydrogen-bond acceptors (Lipinski definition) is 5. The Bertz CT molecular complexity index is 1240. The molecule has 0 saturated heterocycles. The molecule has 0 radical (unpaired) electrons. The summed E-state index contributed by atoms with van der Waals surface area (Å²) in [6.07, 6.45) is 0. The average molecular weight is 438 g/mol. The van der Waals surface area contributed by atoms with Crippen LogP contribution in [0.4, 0.5) is 5.82 Å². The van der Waals surface area contributed by atoms with E-state index in [1.54, 1.807) is 12.1 Å². The van der Waals surface area contributed by atoms with Crippen LogP contribution < -0.4 is 19.5 Å². The predicted molar refractivity (Wildman–Crippen MR) is 121 cm³/mol. The zero-order chi connectivity index (χ0) is 22.0. The topological polar surface area (TPSA) is 85.5 Å². The maximum atomic E-state index is 12.9. The third-order valence-corrected chi connectivity index (χ3v) is 5.11. The second-order valence-corrected chi connectivity index (χ2v) is 7.15. The van der Waals surface area contributed by atoms with Gasteiger partial charge in [-0.15, -0.1) is 0 Å². The van der Waals surface area contributed by atoms with Crippen molar-refractivity contribution in [1.82, 2.24) is 10.2 Å². The molecule has 0 unspecified atom stereocenters. The van der Waals surface area contributed by atoms with Gasteiger partial charge in [0.2, 0.25) is 5.75 Å². The van der Waals surface area contributed by atoms with E-state index in [1.165, 1.54) is 21.3 Å². The van der Waals surface area contributed by atoms with Crippen LogP contribution in [0.2, 0.25) is 5.02 Å². The molecule has 0 spiro atoms. The van der Waals surface area contributed by atoms with E-state index < -0.39 is 0 Å². The van der Waals surface area contributed by atoms with Crippen molar-refractivity contribution in [1.29, 1.82) is 0 Å². The fourth-order valence-corrected chi connectivity index (χ4v) is 3.54. The lowest BCUT2D eigenvalue weighted by atomic mass is 10.0. The number of H-pyrrole nitrogens is 1. The van der Waals surface area contributed by atoms with Crippen LogP contribution >= 0.6 is 11.6 Å². The Kier molecular flexibility index (Phi) is 5.68. The summed E-state index contributed by atoms with van der Waals surface area (Å²) in [6.45, 7) is 0. The van der Waals surface area contributed by atoms with Gasteiger partial charge in [-0.3, -0.25) is 9.89 Å². The Morgan fingerprint density at radius 3 is 2.29 bits per heavy atom. The monoisotopic (exact) mass is 437 g/mol. The van der Waals surface area contributed by atoms with Crippen LogP contribution in [0.15, 0.2) is 54.6 Å². The Balaban J connectivity index is 1.64. The molecule has 1 amide bonds. The van der Waals surface area contributed by atoms with Crippen LogP contribution in [0.5, 0.6) is 17.2 Å². The van der Waals surface area contributed by atoms with Crippen LogP contribution in [-0.2, 0) is 0 Å². The van der Waals surface area contributed by atoms with Gasteiger partial charge < -0.3 is 19.5 Å². The van der Waals surface area contributed by atoms with Crippen molar-refractivity contribution in [3.05, 3.63) is 65.2 Å². The van der Waals surface area contributed by atoms with Crippen LogP contribution in [0, 0.1) is 0 Å². The first-order chi connectivity index (χ1) is 15.0. The number of aromatic nitrogens is 2. The molecule has 2 N–H and O–H groups in total. The first kappa shape index (κ1) is 20.6. The third kappa shape index (κ3) is 4.00. The minimum atomic E-state index is -0.355. The van der Waals surface area contributed by atoms with Crippen molar-refractivity contribution in [3.63, 3.8) is 0 Å². The number of halogens is 1. The van der Waals surface area contributed by atoms with Crippen molar-refractivity contribution in [3.8, 4) is 28.4 Å². The zero-order valence-electron chi connectivity index (χ0n) is 17.2. The first-order valence-corrected chi connectivity index (χ1v) is 9.77. The van der Waals surface area contributed by atoms with Gasteiger partial charge in [-0.05, 0) is 47.5 Å². The van der Waals surface area contributed by atoms with Gasteiger partial charge in [-0.25, -0.2) is 0 Å². The highest BCUT2D eigenvalue weighted by Crippen LogP contribution is 2.38. The number of ether oxygens (including phenoxy) is 3. The molecule has 31 heavy (non-hydrogen) atoms. The van der Waals surface area contributed by atoms with Crippen molar-refractivity contribution in [2.24, 2.45) is 0 Å². The highest BCUT2D eigenvalue weighted by molar-refractivity contribution is 6.30. The lowest BCUT2D eigenvalue weighted by molar-refractivity contribution is 0.102. The molecule has 158 valence electrons. The second kappa shape index (κ2) is 8.57. The number of rotatable bonds is 6. The number of aromatic amines is 1. The van der Waals surface area contributed by atoms with E-state index in [4.69, 9.17) is 25.8 Å². The van der Waals surface area contributed by atoms with Crippen LogP contribution in [0.3, 0.4) is 0 Å². The highest BCUT2D eigenvalue weighted by atomic mass is 35.5. The summed E-state index contributed by atoms with van der Waals surface area (Å²) in [5.41, 5.74) is 3.12. The molecule has 0 atom stereocenters. The average Bonchev–Trinajstić information content (AvgIpc) is 3.19. The Hall–Kier alpha value is -3.71. The maximum Gasteiger partial charge on any atom is 0.257 e. The maximum absolute atomic E-state index is 12.9. The normalized spacial score (nSPS) is 10.7. The molecule has 4 rings (SSSR count). The van der Waals surface area contributed by atoms with Gasteiger partial charge in [-0.2, -0.15) is 5.10 Å². The fourth-order valence-electron chi connectivity index (χ4n) is 3.35. The first-order valence-electron chi connectivity index (χ1n) is 9.39. The molecule has 0 aliphatic heterocycles. The molecule has 1 aromatic heterocycles. The van der Waals surface area contributed by atoms with Gasteiger partial charge in [0.25, 0.3) is 5.91 Å². The Morgan fingerprint density at radius 1 is 0.935 bits per heavy atom. The van der Waals surface area contributed by atoms with E-state index >= 15 is 0 Å². The molecular formula is C23H20ClN3O4. The van der Waals surface area contributed by atoms with Gasteiger partial charge in [0.15, 0.2) is 17.3 Å². The molecule has 0 bridgehead atoms. The minimum absolute atomic E-state index is 0.348. The van der Waals surface area contributed by atoms with Gasteiger partial charge in [0.1, 0.15) is 0 Å². The molecule has 1 heterocycles. The van der Waals surface area contributed by atoms with E-state index in [2.05, 4.69) is 15.5 Å². The number of fused-ring (bicyclic) bond motifs is 1. The Labute approximate surface area is 183 Å². The SMILES string of the molecule is COc1cc(C(=O)Nc2n[nH]c3cc(-c4cccc(Cl)c4)ccc23)cc(OC)c1OC. The fraction of sp³-hybridized carbons (Fsp3) is 0.130. The third-order valence-electron chi connectivity index (χ3n) is 4.88. The number of hydrogen-bond donors (Lipinski definition) is 2. The predicted octanol–water partition coefficient (Wildman–Crippen LogP) is 5.16. The number of nitrogens with one attached hydrogen (secondary N) is 2. The number of anilines is 1. The van der Waals surface area contributed by atoms with Gasteiger partial charge in [-0.1, -0.05) is 29.8 Å². The molecule has 0 fully saturated rings. The van der Waals surface area contributed by atoms with Crippen LogP contribution in [-0.4, -0.2) is 37.4 Å². The molecule has 7 nitrogen and oxygen atoms in total. The molecular weight excluding hydrogens is 418 g/mol. The summed E-state index contributed by atoms with van der Waals surface area (Å²) >= 11 is 6.10. The molecule has 8 heteroatoms. The van der Waals surface area contributed by atoms with Crippen LogP contribution in [0.1, 0.15) is 10.4 Å². The van der Waals surface area contributed by atoms with Crippen molar-refractivity contribution in [2.45, 2.75) is 0 Å². The number of amides is 1. The van der Waals surface area contributed by atoms with E-state index in [1.807, 2.05) is 42.5 Å². The quantitative estimate of drug-likeness (QED) is 0.435. The number of nitrogens with zero attached hydrogens (tertiary/aromatic N) is 1. The molecule has 4 aromatic rings. The lowest BCUT2D eigenvalue weighted by Crippen LogP contribution is -2.13. The summed E-state index contributed by atoms with van der Waals surface area (Å²) in [7, 11) is 4.50. The second-order valence-electron chi connectivity index (χ2n) is 6.71. The van der Waals surface area contributed by atoms with Crippen molar-refractivity contribution >= 4 is 34.2 Å². The molecule has 0 aliphatic rings. The van der Waals surface area contributed by atoms with Gasteiger partial charge >= 0.3 is 0 Å². The standard InChI is InChI=1S/C23H20ClN3O4/c1-29-19-11-15(12-20(30-2)21(19)31-3)23(28)25-22-17-8-7-14(10-18(17)26-27-22)13-5-4-6-16(24)9-13/h4-12H,1-3H3,(H2,25,26,27,28). The van der Waals surface area contributed by atoms with Crippen molar-refractivity contribution < 1.29 is 19.0 Å². The number of carbonyl (C=O) groups is 1. The van der Waals surface area contributed by atoms with Crippen molar-refractivity contribution in [2.75, 3.05) is 26.6 Å². The largest absolute Gasteiger partial charge is 0.493 e. The smallest absolute Gasteiger partial charge is 0.257 e. The molecule has 3 aromatic carbocycles. The number of methoxy groups -OCH3 is 3. The zero-order valence-corrected chi connectivity index (χ0v) is 17.9. The van der Waals surface area contributed by atoms with Gasteiger partial charge in [0.05, 0.1) is 26.8 Å². The summed E-state index contributed by atoms with van der Waals surface area (Å²) in [4.78, 5) is 12.9. The summed E-state index contributed by atoms with van der Waals surface area (Å²) in [5, 5.41) is 11.5. The van der Waals surface area contributed by atoms with E-state index in [-0.39, 0.29) is 5.91 Å². The minimum Gasteiger partial charge on any atom is -0.493 e. The van der Waals surface area contributed by atoms with Gasteiger partial charge in [0, 0.05) is 16.0 Å². The van der Waals surface area contributed by atoms with Crippen LogP contribution in [0.25, 0.3) is 22.0 Å².